The summed E-state index contributed by atoms with van der Waals surface area (Å²) in [5, 5.41) is 46.2. The Morgan fingerprint density at radius 1 is 1.09 bits per heavy atom. The monoisotopic (exact) mass is 506 g/mol. The van der Waals surface area contributed by atoms with E-state index in [1.54, 1.807) is 0 Å². The van der Waals surface area contributed by atoms with E-state index in [1.165, 1.54) is 21.0 Å². The summed E-state index contributed by atoms with van der Waals surface area (Å²) in [4.78, 5) is 35.7. The molecule has 0 aromatic carbocycles. The number of esters is 1. The van der Waals surface area contributed by atoms with E-state index in [1.807, 2.05) is 0 Å². The Balaban J connectivity index is 2.12. The van der Waals surface area contributed by atoms with Crippen molar-refractivity contribution < 1.29 is 58.5 Å². The van der Waals surface area contributed by atoms with E-state index in [-0.39, 0.29) is 25.3 Å². The second-order valence-corrected chi connectivity index (χ2v) is 8.27. The van der Waals surface area contributed by atoms with Gasteiger partial charge in [0.05, 0.1) is 25.8 Å². The number of amides is 2. The normalized spacial score (nSPS) is 35.1. The first-order valence-corrected chi connectivity index (χ1v) is 11.0. The van der Waals surface area contributed by atoms with Gasteiger partial charge in [0, 0.05) is 19.6 Å². The van der Waals surface area contributed by atoms with Crippen molar-refractivity contribution >= 4 is 17.8 Å². The van der Waals surface area contributed by atoms with E-state index in [4.69, 9.17) is 23.7 Å². The highest BCUT2D eigenvalue weighted by Crippen LogP contribution is 2.28. The smallest absolute Gasteiger partial charge is 0.333 e. The Labute approximate surface area is 202 Å². The minimum Gasteiger partial charge on any atom is -0.460 e. The number of hydrogen-bond donors (Lipinski definition) is 6. The van der Waals surface area contributed by atoms with Gasteiger partial charge in [0.15, 0.2) is 12.4 Å². The Kier molecular flexibility index (Phi) is 11.0. The van der Waals surface area contributed by atoms with Gasteiger partial charge < -0.3 is 54.7 Å². The Bertz CT molecular complexity index is 765. The summed E-state index contributed by atoms with van der Waals surface area (Å²) in [5.74, 6) is -1.87. The van der Waals surface area contributed by atoms with Gasteiger partial charge in [-0.3, -0.25) is 9.59 Å². The van der Waals surface area contributed by atoms with Gasteiger partial charge in [-0.1, -0.05) is 6.58 Å². The Morgan fingerprint density at radius 2 is 1.77 bits per heavy atom. The number of nitrogens with one attached hydrogen (secondary N) is 2. The highest BCUT2D eigenvalue weighted by Gasteiger charge is 2.51. The summed E-state index contributed by atoms with van der Waals surface area (Å²) in [6.07, 6.45) is -11.3. The maximum Gasteiger partial charge on any atom is 0.333 e. The molecule has 0 aromatic heterocycles. The van der Waals surface area contributed by atoms with Crippen molar-refractivity contribution in [2.75, 3.05) is 33.5 Å². The third-order valence-corrected chi connectivity index (χ3v) is 5.52. The molecule has 35 heavy (non-hydrogen) atoms. The van der Waals surface area contributed by atoms with Gasteiger partial charge in [-0.25, -0.2) is 4.79 Å². The Morgan fingerprint density at radius 3 is 2.34 bits per heavy atom. The lowest BCUT2D eigenvalue weighted by molar-refractivity contribution is -0.322. The van der Waals surface area contributed by atoms with Crippen LogP contribution in [0, 0.1) is 0 Å². The molecule has 0 saturated carbocycles. The van der Waals surface area contributed by atoms with Gasteiger partial charge in [-0.15, -0.1) is 0 Å². The number of rotatable bonds is 10. The summed E-state index contributed by atoms with van der Waals surface area (Å²) in [6, 6.07) is -0.871. The van der Waals surface area contributed by atoms with Gasteiger partial charge in [0.25, 0.3) is 5.91 Å². The van der Waals surface area contributed by atoms with Crippen LogP contribution in [-0.4, -0.2) is 127 Å². The molecule has 2 amide bonds. The van der Waals surface area contributed by atoms with E-state index < -0.39 is 79.5 Å². The molecular formula is C21H34N2O12. The van der Waals surface area contributed by atoms with Crippen molar-refractivity contribution in [1.82, 2.24) is 10.6 Å². The SMILES string of the molecule is C=C(C)C(=O)OCCNC(=O)C1O[C@@H](O[C@@H]2C(NC(C)=O)COC(CO)[C@H]2O)C(O)[C@@H](OC)[C@@H]1O. The van der Waals surface area contributed by atoms with Crippen LogP contribution < -0.4 is 10.6 Å². The second kappa shape index (κ2) is 13.2. The van der Waals surface area contributed by atoms with Crippen LogP contribution in [-0.2, 0) is 38.1 Å². The van der Waals surface area contributed by atoms with E-state index in [0.29, 0.717) is 0 Å². The lowest BCUT2D eigenvalue weighted by atomic mass is 9.96. The summed E-state index contributed by atoms with van der Waals surface area (Å²) >= 11 is 0. The molecule has 0 radical (unpaired) electrons. The van der Waals surface area contributed by atoms with E-state index in [0.717, 1.165) is 0 Å². The molecule has 14 heteroatoms. The average Bonchev–Trinajstić information content (AvgIpc) is 2.80. The van der Waals surface area contributed by atoms with Crippen molar-refractivity contribution in [3.05, 3.63) is 12.2 Å². The van der Waals surface area contributed by atoms with Gasteiger partial charge in [-0.2, -0.15) is 0 Å². The summed E-state index contributed by atoms with van der Waals surface area (Å²) in [6.45, 7) is 5.25. The van der Waals surface area contributed by atoms with Crippen LogP contribution in [0.5, 0.6) is 0 Å². The van der Waals surface area contributed by atoms with Gasteiger partial charge in [0.1, 0.15) is 43.2 Å². The highest BCUT2D eigenvalue weighted by atomic mass is 16.7. The topological polar surface area (TPSA) is 202 Å². The van der Waals surface area contributed by atoms with E-state index in [2.05, 4.69) is 17.2 Å². The molecule has 0 bridgehead atoms. The molecule has 2 saturated heterocycles. The molecule has 14 nitrogen and oxygen atoms in total. The first-order valence-electron chi connectivity index (χ1n) is 11.0. The minimum absolute atomic E-state index is 0.0996. The molecule has 200 valence electrons. The predicted molar refractivity (Wildman–Crippen MR) is 116 cm³/mol. The fourth-order valence-corrected chi connectivity index (χ4v) is 3.73. The van der Waals surface area contributed by atoms with E-state index >= 15 is 0 Å². The third-order valence-electron chi connectivity index (χ3n) is 5.52. The van der Waals surface area contributed by atoms with Crippen LogP contribution in [0.15, 0.2) is 12.2 Å². The van der Waals surface area contributed by atoms with Crippen LogP contribution in [0.25, 0.3) is 0 Å². The minimum atomic E-state index is -1.59. The largest absolute Gasteiger partial charge is 0.460 e. The number of carbonyl (C=O) groups is 3. The molecule has 2 aliphatic heterocycles. The van der Waals surface area contributed by atoms with Crippen LogP contribution in [0.3, 0.4) is 0 Å². The molecule has 2 heterocycles. The van der Waals surface area contributed by atoms with Crippen molar-refractivity contribution in [2.24, 2.45) is 0 Å². The van der Waals surface area contributed by atoms with Gasteiger partial charge in [-0.05, 0) is 6.92 Å². The van der Waals surface area contributed by atoms with Crippen LogP contribution in [0.1, 0.15) is 13.8 Å². The molecular weight excluding hydrogens is 472 g/mol. The number of carbonyl (C=O) groups excluding carboxylic acids is 3. The quantitative estimate of drug-likeness (QED) is 0.0964. The maximum atomic E-state index is 12.7. The predicted octanol–water partition coefficient (Wildman–Crippen LogP) is -3.67. The number of ether oxygens (including phenoxy) is 5. The molecule has 0 spiro atoms. The first kappa shape index (κ1) is 29.1. The average molecular weight is 507 g/mol. The van der Waals surface area contributed by atoms with E-state index in [9.17, 15) is 34.8 Å². The van der Waals surface area contributed by atoms with Crippen LogP contribution >= 0.6 is 0 Å². The second-order valence-electron chi connectivity index (χ2n) is 8.27. The number of methoxy groups -OCH3 is 1. The standard InChI is InChI=1S/C21H34N2O12/c1-9(2)20(30)32-6-5-22-19(29)18-14(27)17(31-4)15(28)21(35-18)34-16-11(23-10(3)25)8-33-12(7-24)13(16)26/h11-18,21,24,26-28H,1,5-8H2,2-4H3,(H,22,29)(H,23,25)/t11?,12?,13-,14+,15?,16-,17+,18?,21-/m1/s1. The fraction of sp³-hybridized carbons (Fsp3) is 0.762. The van der Waals surface area contributed by atoms with Crippen molar-refractivity contribution in [2.45, 2.75) is 68.9 Å². The van der Waals surface area contributed by atoms with Crippen LogP contribution in [0.4, 0.5) is 0 Å². The lowest BCUT2D eigenvalue weighted by Crippen LogP contribution is -2.66. The highest BCUT2D eigenvalue weighted by molar-refractivity contribution is 5.87. The lowest BCUT2D eigenvalue weighted by Gasteiger charge is -2.45. The molecule has 0 aliphatic carbocycles. The molecule has 4 unspecified atom stereocenters. The zero-order chi connectivity index (χ0) is 26.3. The third kappa shape index (κ3) is 7.41. The summed E-state index contributed by atoms with van der Waals surface area (Å²) in [5.41, 5.74) is 0.190. The number of aliphatic hydroxyl groups is 4. The first-order chi connectivity index (χ1) is 16.5. The van der Waals surface area contributed by atoms with Crippen molar-refractivity contribution in [3.8, 4) is 0 Å². The molecule has 2 fully saturated rings. The summed E-state index contributed by atoms with van der Waals surface area (Å²) < 4.78 is 26.7. The molecule has 0 aromatic rings. The molecule has 2 aliphatic rings. The maximum absolute atomic E-state index is 12.7. The zero-order valence-corrected chi connectivity index (χ0v) is 19.8. The van der Waals surface area contributed by atoms with Gasteiger partial charge in [0.2, 0.25) is 5.91 Å². The molecule has 2 rings (SSSR count). The fourth-order valence-electron chi connectivity index (χ4n) is 3.73. The zero-order valence-electron chi connectivity index (χ0n) is 19.8. The van der Waals surface area contributed by atoms with Gasteiger partial charge >= 0.3 is 5.97 Å². The number of aliphatic hydroxyl groups excluding tert-OH is 4. The number of hydrogen-bond acceptors (Lipinski definition) is 12. The van der Waals surface area contributed by atoms with Crippen LogP contribution in [0.2, 0.25) is 0 Å². The summed E-state index contributed by atoms with van der Waals surface area (Å²) in [7, 11) is 1.21. The molecule has 9 atom stereocenters. The van der Waals surface area contributed by atoms with Crippen molar-refractivity contribution in [3.63, 3.8) is 0 Å². The Hall–Kier alpha value is -2.17. The van der Waals surface area contributed by atoms with Crippen molar-refractivity contribution in [1.29, 1.82) is 0 Å². The molecule has 6 N–H and O–H groups in total.